The van der Waals surface area contributed by atoms with Gasteiger partial charge < -0.3 is 19.9 Å². The largest absolute Gasteiger partial charge is 0.489 e. The molecule has 3 aromatic carbocycles. The third kappa shape index (κ3) is 5.19. The normalized spacial score (nSPS) is 13.4. The SMILES string of the molecule is CN(C(=O)c1ccn2ncc(-c3ccc(OCc4ccccc4)cc3)c2n1)c1ccccc1N1CCNCC1. The first kappa shape index (κ1) is 24.6. The van der Waals surface area contributed by atoms with Crippen molar-refractivity contribution in [2.24, 2.45) is 0 Å². The summed E-state index contributed by atoms with van der Waals surface area (Å²) in [5, 5.41) is 7.84. The number of anilines is 2. The predicted octanol–water partition coefficient (Wildman–Crippen LogP) is 4.66. The predicted molar refractivity (Wildman–Crippen MR) is 153 cm³/mol. The zero-order chi connectivity index (χ0) is 26.6. The Morgan fingerprint density at radius 2 is 1.69 bits per heavy atom. The average molecular weight is 519 g/mol. The number of rotatable bonds is 7. The molecule has 6 rings (SSSR count). The fraction of sp³-hybridized carbons (Fsp3) is 0.194. The summed E-state index contributed by atoms with van der Waals surface area (Å²) in [7, 11) is 1.81. The Hall–Kier alpha value is -4.69. The molecule has 3 heterocycles. The van der Waals surface area contributed by atoms with Crippen molar-refractivity contribution in [2.45, 2.75) is 6.61 Å². The number of aromatic nitrogens is 3. The van der Waals surface area contributed by atoms with Gasteiger partial charge in [-0.2, -0.15) is 5.10 Å². The second-order valence-corrected chi connectivity index (χ2v) is 9.53. The lowest BCUT2D eigenvalue weighted by Gasteiger charge is -2.32. The van der Waals surface area contributed by atoms with Crippen molar-refractivity contribution in [3.8, 4) is 16.9 Å². The van der Waals surface area contributed by atoms with Gasteiger partial charge in [0.1, 0.15) is 18.1 Å². The molecule has 0 atom stereocenters. The van der Waals surface area contributed by atoms with Crippen molar-refractivity contribution in [1.29, 1.82) is 0 Å². The summed E-state index contributed by atoms with van der Waals surface area (Å²) in [6.07, 6.45) is 3.56. The minimum atomic E-state index is -0.170. The van der Waals surface area contributed by atoms with E-state index >= 15 is 0 Å². The third-order valence-electron chi connectivity index (χ3n) is 7.01. The van der Waals surface area contributed by atoms with E-state index in [9.17, 15) is 4.79 Å². The van der Waals surface area contributed by atoms with Gasteiger partial charge in [-0.15, -0.1) is 0 Å². The number of ether oxygens (including phenoxy) is 1. The first-order valence-electron chi connectivity index (χ1n) is 13.1. The summed E-state index contributed by atoms with van der Waals surface area (Å²) >= 11 is 0. The quantitative estimate of drug-likeness (QED) is 0.338. The van der Waals surface area contributed by atoms with Crippen LogP contribution in [-0.2, 0) is 6.61 Å². The molecule has 0 bridgehead atoms. The van der Waals surface area contributed by atoms with Gasteiger partial charge in [-0.3, -0.25) is 4.79 Å². The van der Waals surface area contributed by atoms with Crippen molar-refractivity contribution in [1.82, 2.24) is 19.9 Å². The van der Waals surface area contributed by atoms with E-state index in [-0.39, 0.29) is 5.91 Å². The maximum atomic E-state index is 13.6. The Kier molecular flexibility index (Phi) is 6.93. The molecule has 39 heavy (non-hydrogen) atoms. The number of piperazine rings is 1. The van der Waals surface area contributed by atoms with Crippen LogP contribution in [0.4, 0.5) is 11.4 Å². The van der Waals surface area contributed by atoms with Gasteiger partial charge in [-0.1, -0.05) is 54.6 Å². The number of carbonyl (C=O) groups is 1. The summed E-state index contributed by atoms with van der Waals surface area (Å²) in [6, 6.07) is 27.7. The first-order valence-corrected chi connectivity index (χ1v) is 13.1. The molecular formula is C31H30N6O2. The molecule has 1 aliphatic rings. The summed E-state index contributed by atoms with van der Waals surface area (Å²) < 4.78 is 7.63. The number of hydrogen-bond acceptors (Lipinski definition) is 6. The van der Waals surface area contributed by atoms with E-state index in [1.807, 2.05) is 72.8 Å². The lowest BCUT2D eigenvalue weighted by molar-refractivity contribution is 0.0988. The van der Waals surface area contributed by atoms with Crippen LogP contribution in [0, 0.1) is 0 Å². The Bertz CT molecular complexity index is 1580. The van der Waals surface area contributed by atoms with E-state index in [4.69, 9.17) is 9.72 Å². The van der Waals surface area contributed by atoms with Crippen molar-refractivity contribution < 1.29 is 9.53 Å². The van der Waals surface area contributed by atoms with E-state index in [0.717, 1.165) is 60.0 Å². The first-order chi connectivity index (χ1) is 19.2. The standard InChI is InChI=1S/C31H30N6O2/c1-35(28-9-5-6-10-29(28)36-19-16-32-17-20-36)31(38)27-15-18-37-30(34-27)26(21-33-37)24-11-13-25(14-12-24)39-22-23-7-3-2-4-8-23/h2-15,18,21,32H,16-17,19-20,22H2,1H3. The molecule has 0 unspecified atom stereocenters. The van der Waals surface area contributed by atoms with Gasteiger partial charge in [0.25, 0.3) is 5.91 Å². The van der Waals surface area contributed by atoms with E-state index < -0.39 is 0 Å². The summed E-state index contributed by atoms with van der Waals surface area (Å²) in [6.45, 7) is 4.16. The van der Waals surface area contributed by atoms with Crippen LogP contribution in [0.3, 0.4) is 0 Å². The maximum Gasteiger partial charge on any atom is 0.276 e. The van der Waals surface area contributed by atoms with Crippen molar-refractivity contribution in [3.05, 3.63) is 109 Å². The van der Waals surface area contributed by atoms with Crippen LogP contribution in [0.5, 0.6) is 5.75 Å². The smallest absolute Gasteiger partial charge is 0.276 e. The monoisotopic (exact) mass is 518 g/mol. The van der Waals surface area contributed by atoms with Crippen LogP contribution in [0.2, 0.25) is 0 Å². The summed E-state index contributed by atoms with van der Waals surface area (Å²) in [5.41, 5.74) is 5.83. The highest BCUT2D eigenvalue weighted by molar-refractivity contribution is 6.06. The molecule has 196 valence electrons. The molecule has 5 aromatic rings. The molecule has 2 aromatic heterocycles. The van der Waals surface area contributed by atoms with Crippen LogP contribution in [0.1, 0.15) is 16.1 Å². The van der Waals surface area contributed by atoms with Gasteiger partial charge in [-0.25, -0.2) is 9.50 Å². The zero-order valence-corrected chi connectivity index (χ0v) is 21.8. The molecule has 1 fully saturated rings. The number of fused-ring (bicyclic) bond motifs is 1. The number of carbonyl (C=O) groups excluding carboxylic acids is 1. The highest BCUT2D eigenvalue weighted by Gasteiger charge is 2.22. The highest BCUT2D eigenvalue weighted by Crippen LogP contribution is 2.30. The molecule has 0 saturated carbocycles. The Labute approximate surface area is 227 Å². The number of hydrogen-bond donors (Lipinski definition) is 1. The number of benzene rings is 3. The molecule has 0 aliphatic carbocycles. The molecule has 1 N–H and O–H groups in total. The highest BCUT2D eigenvalue weighted by atomic mass is 16.5. The third-order valence-corrected chi connectivity index (χ3v) is 7.01. The Balaban J connectivity index is 1.23. The van der Waals surface area contributed by atoms with Crippen LogP contribution < -0.4 is 19.9 Å². The molecule has 8 nitrogen and oxygen atoms in total. The minimum absolute atomic E-state index is 0.170. The lowest BCUT2D eigenvalue weighted by Crippen LogP contribution is -2.44. The van der Waals surface area contributed by atoms with Crippen molar-refractivity contribution in [2.75, 3.05) is 43.0 Å². The van der Waals surface area contributed by atoms with E-state index in [2.05, 4.69) is 21.4 Å². The Morgan fingerprint density at radius 3 is 2.49 bits per heavy atom. The second-order valence-electron chi connectivity index (χ2n) is 9.53. The summed E-state index contributed by atoms with van der Waals surface area (Å²) in [4.78, 5) is 22.4. The van der Waals surface area contributed by atoms with Crippen LogP contribution in [-0.4, -0.2) is 53.7 Å². The summed E-state index contributed by atoms with van der Waals surface area (Å²) in [5.74, 6) is 0.615. The van der Waals surface area contributed by atoms with E-state index in [1.54, 1.807) is 34.9 Å². The van der Waals surface area contributed by atoms with Crippen molar-refractivity contribution >= 4 is 22.9 Å². The molecular weight excluding hydrogens is 488 g/mol. The maximum absolute atomic E-state index is 13.6. The lowest BCUT2D eigenvalue weighted by atomic mass is 10.1. The number of nitrogens with one attached hydrogen (secondary N) is 1. The van der Waals surface area contributed by atoms with Gasteiger partial charge in [-0.05, 0) is 41.5 Å². The molecule has 0 radical (unpaired) electrons. The van der Waals surface area contributed by atoms with Gasteiger partial charge in [0, 0.05) is 45.0 Å². The fourth-order valence-corrected chi connectivity index (χ4v) is 4.87. The van der Waals surface area contributed by atoms with Gasteiger partial charge >= 0.3 is 0 Å². The Morgan fingerprint density at radius 1 is 0.949 bits per heavy atom. The van der Waals surface area contributed by atoms with Crippen LogP contribution in [0.25, 0.3) is 16.8 Å². The molecule has 0 spiro atoms. The second kappa shape index (κ2) is 11.0. The zero-order valence-electron chi connectivity index (χ0n) is 21.8. The molecule has 8 heteroatoms. The average Bonchev–Trinajstić information content (AvgIpc) is 3.44. The van der Waals surface area contributed by atoms with E-state index in [0.29, 0.717) is 17.9 Å². The van der Waals surface area contributed by atoms with Crippen LogP contribution in [0.15, 0.2) is 97.3 Å². The fourth-order valence-electron chi connectivity index (χ4n) is 4.87. The minimum Gasteiger partial charge on any atom is -0.489 e. The van der Waals surface area contributed by atoms with Crippen LogP contribution >= 0.6 is 0 Å². The van der Waals surface area contributed by atoms with Gasteiger partial charge in [0.05, 0.1) is 17.6 Å². The topological polar surface area (TPSA) is 75.0 Å². The van der Waals surface area contributed by atoms with Gasteiger partial charge in [0.2, 0.25) is 0 Å². The van der Waals surface area contributed by atoms with Crippen molar-refractivity contribution in [3.63, 3.8) is 0 Å². The molecule has 1 saturated heterocycles. The molecule has 1 aliphatic heterocycles. The number of amides is 1. The van der Waals surface area contributed by atoms with Gasteiger partial charge in [0.15, 0.2) is 5.65 Å². The number of para-hydroxylation sites is 2. The van der Waals surface area contributed by atoms with E-state index in [1.165, 1.54) is 0 Å². The molecule has 1 amide bonds. The number of nitrogens with zero attached hydrogens (tertiary/aromatic N) is 5.